The molecule has 29 heavy (non-hydrogen) atoms. The van der Waals surface area contributed by atoms with E-state index in [4.69, 9.17) is 4.74 Å². The number of rotatable bonds is 5. The molecule has 0 radical (unpaired) electrons. The summed E-state index contributed by atoms with van der Waals surface area (Å²) in [4.78, 5) is 26.8. The van der Waals surface area contributed by atoms with Crippen LogP contribution in [0.2, 0.25) is 0 Å². The van der Waals surface area contributed by atoms with Gasteiger partial charge in [0.25, 0.3) is 5.56 Å². The van der Waals surface area contributed by atoms with Gasteiger partial charge in [0.2, 0.25) is 10.0 Å². The zero-order valence-corrected chi connectivity index (χ0v) is 18.1. The quantitative estimate of drug-likeness (QED) is 0.794. The van der Waals surface area contributed by atoms with Gasteiger partial charge >= 0.3 is 5.69 Å². The van der Waals surface area contributed by atoms with Crippen LogP contribution in [0, 0.1) is 12.8 Å². The van der Waals surface area contributed by atoms with Gasteiger partial charge in [0.05, 0.1) is 16.5 Å². The molecule has 1 aliphatic rings. The van der Waals surface area contributed by atoms with Crippen LogP contribution in [0.4, 0.5) is 0 Å². The minimum absolute atomic E-state index is 0.170. The molecule has 0 spiro atoms. The van der Waals surface area contributed by atoms with E-state index in [9.17, 15) is 18.0 Å². The molecule has 1 aliphatic heterocycles. The zero-order valence-electron chi connectivity index (χ0n) is 17.2. The average molecular weight is 422 g/mol. The monoisotopic (exact) mass is 421 g/mol. The Morgan fingerprint density at radius 3 is 2.45 bits per heavy atom. The summed E-state index contributed by atoms with van der Waals surface area (Å²) in [7, 11) is -2.31. The molecule has 0 amide bonds. The Bertz CT molecular complexity index is 1110. The first kappa shape index (κ1) is 21.5. The van der Waals surface area contributed by atoms with E-state index in [0.717, 1.165) is 0 Å². The van der Waals surface area contributed by atoms with E-state index in [1.54, 1.807) is 25.1 Å². The summed E-state index contributed by atoms with van der Waals surface area (Å²) < 4.78 is 35.4. The molecule has 9 heteroatoms. The second-order valence-corrected chi connectivity index (χ2v) is 9.76. The average Bonchev–Trinajstić information content (AvgIpc) is 2.96. The fourth-order valence-electron chi connectivity index (χ4n) is 3.88. The van der Waals surface area contributed by atoms with Crippen molar-refractivity contribution in [2.45, 2.75) is 56.9 Å². The van der Waals surface area contributed by atoms with Gasteiger partial charge < -0.3 is 4.74 Å². The zero-order chi connectivity index (χ0) is 21.6. The lowest BCUT2D eigenvalue weighted by atomic mass is 9.85. The first-order chi connectivity index (χ1) is 13.5. The minimum atomic E-state index is -3.82. The Morgan fingerprint density at radius 1 is 1.24 bits per heavy atom. The van der Waals surface area contributed by atoms with Crippen LogP contribution in [0.3, 0.4) is 0 Å². The van der Waals surface area contributed by atoms with Gasteiger partial charge in [-0.3, -0.25) is 14.3 Å². The van der Waals surface area contributed by atoms with Crippen molar-refractivity contribution in [1.82, 2.24) is 13.9 Å². The molecule has 2 heterocycles. The Hall–Kier alpha value is -2.23. The van der Waals surface area contributed by atoms with E-state index >= 15 is 0 Å². The normalized spacial score (nSPS) is 27.4. The van der Waals surface area contributed by atoms with Crippen molar-refractivity contribution in [3.8, 4) is 0 Å². The van der Waals surface area contributed by atoms with Gasteiger partial charge in [-0.2, -0.15) is 4.31 Å². The highest BCUT2D eigenvalue weighted by Gasteiger charge is 2.53. The summed E-state index contributed by atoms with van der Waals surface area (Å²) in [6.07, 6.45) is 1.19. The van der Waals surface area contributed by atoms with Gasteiger partial charge in [-0.05, 0) is 32.4 Å². The van der Waals surface area contributed by atoms with E-state index in [0.29, 0.717) is 12.0 Å². The molecule has 3 rings (SSSR count). The van der Waals surface area contributed by atoms with Crippen LogP contribution in [0.1, 0.15) is 39.0 Å². The molecule has 1 N–H and O–H groups in total. The lowest BCUT2D eigenvalue weighted by molar-refractivity contribution is -0.0792. The van der Waals surface area contributed by atoms with Crippen LogP contribution in [-0.4, -0.2) is 41.0 Å². The number of H-pyrrole nitrogens is 1. The lowest BCUT2D eigenvalue weighted by Crippen LogP contribution is -2.47. The van der Waals surface area contributed by atoms with E-state index < -0.39 is 39.1 Å². The molecule has 8 nitrogen and oxygen atoms in total. The minimum Gasteiger partial charge on any atom is -0.350 e. The van der Waals surface area contributed by atoms with Crippen LogP contribution >= 0.6 is 0 Å². The highest BCUT2D eigenvalue weighted by atomic mass is 32.2. The molecule has 0 saturated carbocycles. The molecule has 0 bridgehead atoms. The summed E-state index contributed by atoms with van der Waals surface area (Å²) >= 11 is 0. The first-order valence-corrected chi connectivity index (χ1v) is 11.0. The second kappa shape index (κ2) is 7.55. The van der Waals surface area contributed by atoms with E-state index in [1.165, 1.54) is 34.2 Å². The van der Waals surface area contributed by atoms with Crippen molar-refractivity contribution >= 4 is 10.0 Å². The molecular formula is C20H27N3O5S. The second-order valence-electron chi connectivity index (χ2n) is 7.77. The predicted octanol–water partition coefficient (Wildman–Crippen LogP) is 1.87. The van der Waals surface area contributed by atoms with Gasteiger partial charge in [0.15, 0.2) is 6.23 Å². The van der Waals surface area contributed by atoms with E-state index in [2.05, 4.69) is 4.98 Å². The Kier molecular flexibility index (Phi) is 5.59. The molecule has 1 fully saturated rings. The molecular weight excluding hydrogens is 394 g/mol. The molecule has 0 unspecified atom stereocenters. The van der Waals surface area contributed by atoms with Crippen molar-refractivity contribution in [3.05, 3.63) is 62.9 Å². The number of benzene rings is 1. The standard InChI is InChI=1S/C20H27N3O5S/c1-6-20(4)14(3)16(22(5)29(26,27)15-10-8-7-9-11-15)18(28-20)23-12-13(2)17(24)21-19(23)25/h7-12,14,16,18H,6H2,1-5H3,(H,21,24,25)/t14-,16+,18+,20+/m0/s1. The molecule has 4 atom stereocenters. The summed E-state index contributed by atoms with van der Waals surface area (Å²) in [5.41, 5.74) is -1.40. The number of hydrogen-bond acceptors (Lipinski definition) is 5. The summed E-state index contributed by atoms with van der Waals surface area (Å²) in [6, 6.07) is 7.51. The van der Waals surface area contributed by atoms with Crippen molar-refractivity contribution < 1.29 is 13.2 Å². The van der Waals surface area contributed by atoms with Gasteiger partial charge in [-0.1, -0.05) is 32.0 Å². The number of likely N-dealkylation sites (N-methyl/N-ethyl adjacent to an activating group) is 1. The third kappa shape index (κ3) is 3.58. The van der Waals surface area contributed by atoms with Crippen LogP contribution in [-0.2, 0) is 14.8 Å². The summed E-state index contributed by atoms with van der Waals surface area (Å²) in [5.74, 6) is -0.208. The number of nitrogens with one attached hydrogen (secondary N) is 1. The first-order valence-electron chi connectivity index (χ1n) is 9.56. The molecule has 158 valence electrons. The Morgan fingerprint density at radius 2 is 1.86 bits per heavy atom. The van der Waals surface area contributed by atoms with E-state index in [1.807, 2.05) is 20.8 Å². The predicted molar refractivity (Wildman–Crippen MR) is 109 cm³/mol. The van der Waals surface area contributed by atoms with E-state index in [-0.39, 0.29) is 10.8 Å². The van der Waals surface area contributed by atoms with Crippen molar-refractivity contribution in [2.75, 3.05) is 7.05 Å². The third-order valence-corrected chi connectivity index (χ3v) is 7.99. The largest absolute Gasteiger partial charge is 0.350 e. The molecule has 1 aromatic carbocycles. The number of nitrogens with zero attached hydrogens (tertiary/aromatic N) is 2. The molecule has 1 aromatic heterocycles. The highest BCUT2D eigenvalue weighted by Crippen LogP contribution is 2.46. The van der Waals surface area contributed by atoms with Crippen LogP contribution in [0.25, 0.3) is 0 Å². The number of aromatic amines is 1. The molecule has 1 saturated heterocycles. The van der Waals surface area contributed by atoms with Gasteiger partial charge in [0.1, 0.15) is 0 Å². The summed E-state index contributed by atoms with van der Waals surface area (Å²) in [5, 5.41) is 0. The number of aryl methyl sites for hydroxylation is 1. The maximum absolute atomic E-state index is 13.3. The lowest BCUT2D eigenvalue weighted by Gasteiger charge is -2.32. The summed E-state index contributed by atoms with van der Waals surface area (Å²) in [6.45, 7) is 7.39. The maximum Gasteiger partial charge on any atom is 0.330 e. The third-order valence-electron chi connectivity index (χ3n) is 6.12. The van der Waals surface area contributed by atoms with Crippen molar-refractivity contribution in [2.24, 2.45) is 5.92 Å². The Labute approximate surface area is 170 Å². The number of hydrogen-bond donors (Lipinski definition) is 1. The highest BCUT2D eigenvalue weighted by molar-refractivity contribution is 7.89. The number of ether oxygens (including phenoxy) is 1. The van der Waals surface area contributed by atoms with Gasteiger partial charge in [0, 0.05) is 24.7 Å². The van der Waals surface area contributed by atoms with Crippen LogP contribution in [0.15, 0.2) is 51.0 Å². The smallest absolute Gasteiger partial charge is 0.330 e. The molecule has 0 aliphatic carbocycles. The van der Waals surface area contributed by atoms with Gasteiger partial charge in [-0.15, -0.1) is 0 Å². The van der Waals surface area contributed by atoms with Gasteiger partial charge in [-0.25, -0.2) is 13.2 Å². The topological polar surface area (TPSA) is 101 Å². The van der Waals surface area contributed by atoms with Crippen molar-refractivity contribution in [3.63, 3.8) is 0 Å². The molecule has 2 aromatic rings. The fourth-order valence-corrected chi connectivity index (χ4v) is 5.32. The number of aromatic nitrogens is 2. The van der Waals surface area contributed by atoms with Crippen LogP contribution in [0.5, 0.6) is 0 Å². The maximum atomic E-state index is 13.3. The van der Waals surface area contributed by atoms with Crippen LogP contribution < -0.4 is 11.2 Å². The van der Waals surface area contributed by atoms with Crippen molar-refractivity contribution in [1.29, 1.82) is 0 Å². The number of sulfonamides is 1. The Balaban J connectivity index is 2.14. The SMILES string of the molecule is CC[C@@]1(C)O[C@@H](n2cc(C)c(=O)[nH]c2=O)[C@H](N(C)S(=O)(=O)c2ccccc2)[C@@H]1C. The fraction of sp³-hybridized carbons (Fsp3) is 0.500.